The molecule has 7 nitrogen and oxygen atoms in total. The standard InChI is InChI=1S/C16H20N6O/c1-2-17-16(18-9-8-13-6-5-11-23-13)19-12-15-21-20-14-7-3-4-10-22(14)15/h3-7,10-11H,2,8-9,12H2,1H3,(H2,17,18,19). The number of furan rings is 1. The number of guanidine groups is 1. The van der Waals surface area contributed by atoms with E-state index in [-0.39, 0.29) is 0 Å². The highest BCUT2D eigenvalue weighted by Crippen LogP contribution is 2.04. The largest absolute Gasteiger partial charge is 0.469 e. The Balaban J connectivity index is 1.61. The number of nitrogens with zero attached hydrogens (tertiary/aromatic N) is 4. The van der Waals surface area contributed by atoms with E-state index in [0.29, 0.717) is 6.54 Å². The van der Waals surface area contributed by atoms with Gasteiger partial charge in [0.2, 0.25) is 0 Å². The zero-order valence-corrected chi connectivity index (χ0v) is 13.1. The van der Waals surface area contributed by atoms with Crippen molar-refractivity contribution >= 4 is 11.6 Å². The quantitative estimate of drug-likeness (QED) is 0.534. The van der Waals surface area contributed by atoms with Crippen LogP contribution in [0, 0.1) is 0 Å². The first-order chi connectivity index (χ1) is 11.4. The van der Waals surface area contributed by atoms with Crippen molar-refractivity contribution in [3.05, 3.63) is 54.4 Å². The molecule has 0 fully saturated rings. The molecule has 3 rings (SSSR count). The van der Waals surface area contributed by atoms with Crippen LogP contribution in [0.5, 0.6) is 0 Å². The molecule has 0 radical (unpaired) electrons. The average Bonchev–Trinajstić information content (AvgIpc) is 3.22. The van der Waals surface area contributed by atoms with Gasteiger partial charge in [0.1, 0.15) is 12.3 Å². The number of aromatic nitrogens is 3. The first kappa shape index (κ1) is 15.1. The molecular formula is C16H20N6O. The van der Waals surface area contributed by atoms with Crippen LogP contribution in [0.3, 0.4) is 0 Å². The fraction of sp³-hybridized carbons (Fsp3) is 0.312. The summed E-state index contributed by atoms with van der Waals surface area (Å²) in [5.41, 5.74) is 0.827. The number of hydrogen-bond donors (Lipinski definition) is 2. The summed E-state index contributed by atoms with van der Waals surface area (Å²) in [7, 11) is 0. The molecule has 0 aliphatic rings. The van der Waals surface area contributed by atoms with Crippen LogP contribution in [0.1, 0.15) is 18.5 Å². The molecule has 0 saturated heterocycles. The maximum absolute atomic E-state index is 5.32. The lowest BCUT2D eigenvalue weighted by molar-refractivity contribution is 0.507. The van der Waals surface area contributed by atoms with Crippen LogP contribution in [-0.4, -0.2) is 33.6 Å². The van der Waals surface area contributed by atoms with Crippen LogP contribution >= 0.6 is 0 Å². The molecule has 2 N–H and O–H groups in total. The van der Waals surface area contributed by atoms with Gasteiger partial charge in [-0.05, 0) is 31.2 Å². The molecule has 23 heavy (non-hydrogen) atoms. The van der Waals surface area contributed by atoms with Crippen LogP contribution in [0.25, 0.3) is 5.65 Å². The Morgan fingerprint density at radius 3 is 3.00 bits per heavy atom. The van der Waals surface area contributed by atoms with E-state index in [1.54, 1.807) is 6.26 Å². The van der Waals surface area contributed by atoms with Crippen LogP contribution in [-0.2, 0) is 13.0 Å². The van der Waals surface area contributed by atoms with Crippen molar-refractivity contribution in [3.63, 3.8) is 0 Å². The van der Waals surface area contributed by atoms with E-state index in [0.717, 1.165) is 42.7 Å². The van der Waals surface area contributed by atoms with Crippen molar-refractivity contribution < 1.29 is 4.42 Å². The van der Waals surface area contributed by atoms with Crippen molar-refractivity contribution in [1.29, 1.82) is 0 Å². The first-order valence-corrected chi connectivity index (χ1v) is 7.70. The fourth-order valence-corrected chi connectivity index (χ4v) is 2.25. The molecule has 0 bridgehead atoms. The second kappa shape index (κ2) is 7.44. The summed E-state index contributed by atoms with van der Waals surface area (Å²) in [6.45, 7) is 4.05. The lowest BCUT2D eigenvalue weighted by atomic mass is 10.3. The van der Waals surface area contributed by atoms with Gasteiger partial charge < -0.3 is 15.1 Å². The number of fused-ring (bicyclic) bond motifs is 1. The highest BCUT2D eigenvalue weighted by atomic mass is 16.3. The van der Waals surface area contributed by atoms with E-state index in [1.807, 2.05) is 47.9 Å². The highest BCUT2D eigenvalue weighted by molar-refractivity contribution is 5.79. The molecule has 120 valence electrons. The van der Waals surface area contributed by atoms with Crippen molar-refractivity contribution in [2.75, 3.05) is 13.1 Å². The SMILES string of the molecule is CCNC(=NCc1nnc2ccccn12)NCCc1ccco1. The van der Waals surface area contributed by atoms with Gasteiger partial charge in [-0.15, -0.1) is 10.2 Å². The number of nitrogens with one attached hydrogen (secondary N) is 2. The average molecular weight is 312 g/mol. The Kier molecular flexibility index (Phi) is 4.88. The van der Waals surface area contributed by atoms with Crippen LogP contribution in [0.15, 0.2) is 52.2 Å². The molecule has 0 spiro atoms. The Bertz CT molecular complexity index is 762. The van der Waals surface area contributed by atoms with Gasteiger partial charge >= 0.3 is 0 Å². The fourth-order valence-electron chi connectivity index (χ4n) is 2.25. The van der Waals surface area contributed by atoms with Gasteiger partial charge in [-0.3, -0.25) is 4.40 Å². The molecule has 7 heteroatoms. The normalized spacial score (nSPS) is 11.8. The molecule has 0 saturated carbocycles. The minimum atomic E-state index is 0.460. The summed E-state index contributed by atoms with van der Waals surface area (Å²) in [6.07, 6.45) is 4.44. The third-order valence-electron chi connectivity index (χ3n) is 3.35. The Morgan fingerprint density at radius 2 is 2.17 bits per heavy atom. The minimum Gasteiger partial charge on any atom is -0.469 e. The Labute approximate surface area is 134 Å². The topological polar surface area (TPSA) is 79.8 Å². The molecule has 0 aromatic carbocycles. The molecule has 3 aromatic rings. The first-order valence-electron chi connectivity index (χ1n) is 7.70. The highest BCUT2D eigenvalue weighted by Gasteiger charge is 2.04. The van der Waals surface area contributed by atoms with Crippen molar-refractivity contribution in [2.24, 2.45) is 4.99 Å². The number of aliphatic imine (C=N–C) groups is 1. The molecule has 0 atom stereocenters. The molecule has 3 heterocycles. The smallest absolute Gasteiger partial charge is 0.191 e. The van der Waals surface area contributed by atoms with E-state index < -0.39 is 0 Å². The van der Waals surface area contributed by atoms with Gasteiger partial charge in [0.25, 0.3) is 0 Å². The predicted octanol–water partition coefficient (Wildman–Crippen LogP) is 1.62. The van der Waals surface area contributed by atoms with Crippen molar-refractivity contribution in [3.8, 4) is 0 Å². The van der Waals surface area contributed by atoms with Gasteiger partial charge in [0, 0.05) is 25.7 Å². The molecule has 0 aliphatic carbocycles. The number of rotatable bonds is 6. The zero-order chi connectivity index (χ0) is 15.9. The maximum atomic E-state index is 5.32. The predicted molar refractivity (Wildman–Crippen MR) is 88.2 cm³/mol. The lowest BCUT2D eigenvalue weighted by Gasteiger charge is -2.10. The van der Waals surface area contributed by atoms with Crippen LogP contribution < -0.4 is 10.6 Å². The van der Waals surface area contributed by atoms with Crippen LogP contribution in [0.4, 0.5) is 0 Å². The minimum absolute atomic E-state index is 0.460. The van der Waals surface area contributed by atoms with Crippen LogP contribution in [0.2, 0.25) is 0 Å². The van der Waals surface area contributed by atoms with Gasteiger partial charge in [-0.1, -0.05) is 6.07 Å². The summed E-state index contributed by atoms with van der Waals surface area (Å²) in [4.78, 5) is 4.57. The van der Waals surface area contributed by atoms with Gasteiger partial charge in [0.05, 0.1) is 6.26 Å². The summed E-state index contributed by atoms with van der Waals surface area (Å²) >= 11 is 0. The summed E-state index contributed by atoms with van der Waals surface area (Å²) in [5.74, 6) is 2.52. The van der Waals surface area contributed by atoms with Gasteiger partial charge in [0.15, 0.2) is 17.4 Å². The van der Waals surface area contributed by atoms with Crippen molar-refractivity contribution in [1.82, 2.24) is 25.2 Å². The van der Waals surface area contributed by atoms with Gasteiger partial charge in [-0.2, -0.15) is 0 Å². The third-order valence-corrected chi connectivity index (χ3v) is 3.35. The molecule has 0 aliphatic heterocycles. The van der Waals surface area contributed by atoms with Crippen molar-refractivity contribution in [2.45, 2.75) is 19.9 Å². The third kappa shape index (κ3) is 3.88. The zero-order valence-electron chi connectivity index (χ0n) is 13.1. The number of hydrogen-bond acceptors (Lipinski definition) is 4. The molecule has 0 amide bonds. The van der Waals surface area contributed by atoms with E-state index in [2.05, 4.69) is 25.8 Å². The Hall–Kier alpha value is -2.83. The second-order valence-electron chi connectivity index (χ2n) is 5.00. The summed E-state index contributed by atoms with van der Waals surface area (Å²) < 4.78 is 7.26. The van der Waals surface area contributed by atoms with E-state index in [1.165, 1.54) is 0 Å². The van der Waals surface area contributed by atoms with Gasteiger partial charge in [-0.25, -0.2) is 4.99 Å². The van der Waals surface area contributed by atoms with E-state index in [4.69, 9.17) is 4.42 Å². The summed E-state index contributed by atoms with van der Waals surface area (Å²) in [5, 5.41) is 14.8. The Morgan fingerprint density at radius 1 is 1.22 bits per heavy atom. The summed E-state index contributed by atoms with van der Waals surface area (Å²) in [6, 6.07) is 9.68. The maximum Gasteiger partial charge on any atom is 0.191 e. The molecule has 0 unspecified atom stereocenters. The van der Waals surface area contributed by atoms with E-state index >= 15 is 0 Å². The molecular weight excluding hydrogens is 292 g/mol. The lowest BCUT2D eigenvalue weighted by Crippen LogP contribution is -2.38. The van der Waals surface area contributed by atoms with E-state index in [9.17, 15) is 0 Å². The molecule has 3 aromatic heterocycles. The number of pyridine rings is 1. The monoisotopic (exact) mass is 312 g/mol. The second-order valence-corrected chi connectivity index (χ2v) is 5.00.